The number of halogens is 1. The quantitative estimate of drug-likeness (QED) is 0.569. The number of benzene rings is 1. The topological polar surface area (TPSA) is 38.0 Å². The molecule has 0 unspecified atom stereocenters. The molecular formula is C10H17ClN2. The second-order valence-corrected chi connectivity index (χ2v) is 3.34. The van der Waals surface area contributed by atoms with Gasteiger partial charge < -0.3 is 5.43 Å². The van der Waals surface area contributed by atoms with Crippen molar-refractivity contribution < 1.29 is 0 Å². The van der Waals surface area contributed by atoms with Crippen LogP contribution >= 0.6 is 12.4 Å². The van der Waals surface area contributed by atoms with E-state index in [1.54, 1.807) is 0 Å². The predicted molar refractivity (Wildman–Crippen MR) is 60.3 cm³/mol. The Bertz CT molecular complexity index is 272. The molecule has 3 N–H and O–H groups in total. The molecule has 1 aromatic carbocycles. The third-order valence-corrected chi connectivity index (χ3v) is 2.07. The fraction of sp³-hybridized carbons (Fsp3) is 0.400. The normalized spacial score (nSPS) is 9.62. The van der Waals surface area contributed by atoms with Crippen LogP contribution in [0.25, 0.3) is 0 Å². The molecule has 0 aliphatic heterocycles. The highest BCUT2D eigenvalue weighted by Crippen LogP contribution is 2.26. The molecule has 0 spiro atoms. The first kappa shape index (κ1) is 12.3. The molecule has 0 radical (unpaired) electrons. The van der Waals surface area contributed by atoms with Gasteiger partial charge in [-0.05, 0) is 24.0 Å². The first-order valence-electron chi connectivity index (χ1n) is 4.23. The molecule has 0 aromatic heterocycles. The van der Waals surface area contributed by atoms with Gasteiger partial charge in [-0.2, -0.15) is 0 Å². The Labute approximate surface area is 85.9 Å². The van der Waals surface area contributed by atoms with Crippen LogP contribution in [0.1, 0.15) is 30.9 Å². The summed E-state index contributed by atoms with van der Waals surface area (Å²) in [5.74, 6) is 5.95. The van der Waals surface area contributed by atoms with Gasteiger partial charge in [-0.3, -0.25) is 5.84 Å². The lowest BCUT2D eigenvalue weighted by Crippen LogP contribution is -2.11. The van der Waals surface area contributed by atoms with Crippen molar-refractivity contribution in [3.63, 3.8) is 0 Å². The zero-order chi connectivity index (χ0) is 9.14. The van der Waals surface area contributed by atoms with E-state index in [0.717, 1.165) is 5.69 Å². The average Bonchev–Trinajstić information content (AvgIpc) is 2.03. The van der Waals surface area contributed by atoms with Crippen molar-refractivity contribution in [1.82, 2.24) is 0 Å². The van der Waals surface area contributed by atoms with E-state index in [4.69, 9.17) is 5.84 Å². The van der Waals surface area contributed by atoms with E-state index in [2.05, 4.69) is 44.4 Å². The number of anilines is 1. The molecule has 13 heavy (non-hydrogen) atoms. The number of hydrogen-bond acceptors (Lipinski definition) is 2. The zero-order valence-corrected chi connectivity index (χ0v) is 9.11. The third kappa shape index (κ3) is 2.61. The molecule has 0 fully saturated rings. The summed E-state index contributed by atoms with van der Waals surface area (Å²) in [5, 5.41) is 0. The maximum absolute atomic E-state index is 5.44. The molecule has 0 atom stereocenters. The Balaban J connectivity index is 0.00000144. The summed E-state index contributed by atoms with van der Waals surface area (Å²) < 4.78 is 0. The smallest absolute Gasteiger partial charge is 0.0548 e. The lowest BCUT2D eigenvalue weighted by atomic mass is 9.99. The molecule has 1 rings (SSSR count). The van der Waals surface area contributed by atoms with Crippen LogP contribution in [0.5, 0.6) is 0 Å². The number of para-hydroxylation sites is 1. The lowest BCUT2D eigenvalue weighted by Gasteiger charge is -2.14. The number of nitrogen functional groups attached to an aromatic ring is 1. The largest absolute Gasteiger partial charge is 0.324 e. The van der Waals surface area contributed by atoms with Crippen LogP contribution in [0.4, 0.5) is 5.69 Å². The number of hydrazine groups is 1. The standard InChI is InChI=1S/C10H16N2.ClH/c1-7(2)9-6-4-5-8(3)10(9)12-11;/h4-7,12H,11H2,1-3H3;1H. The van der Waals surface area contributed by atoms with Crippen LogP contribution < -0.4 is 11.3 Å². The van der Waals surface area contributed by atoms with Gasteiger partial charge in [0.25, 0.3) is 0 Å². The SMILES string of the molecule is Cc1cccc(C(C)C)c1NN.Cl. The lowest BCUT2D eigenvalue weighted by molar-refractivity contribution is 0.865. The highest BCUT2D eigenvalue weighted by molar-refractivity contribution is 5.85. The van der Waals surface area contributed by atoms with Crippen LogP contribution in [0.2, 0.25) is 0 Å². The second kappa shape index (κ2) is 5.10. The van der Waals surface area contributed by atoms with Crippen LogP contribution in [-0.4, -0.2) is 0 Å². The fourth-order valence-electron chi connectivity index (χ4n) is 1.37. The van der Waals surface area contributed by atoms with Gasteiger partial charge in [0.15, 0.2) is 0 Å². The Kier molecular flexibility index (Phi) is 4.81. The Morgan fingerprint density at radius 1 is 1.31 bits per heavy atom. The molecule has 0 bridgehead atoms. The van der Waals surface area contributed by atoms with Gasteiger partial charge in [0, 0.05) is 0 Å². The molecule has 74 valence electrons. The van der Waals surface area contributed by atoms with E-state index >= 15 is 0 Å². The summed E-state index contributed by atoms with van der Waals surface area (Å²) in [5.41, 5.74) is 6.28. The predicted octanol–water partition coefficient (Wildman–Crippen LogP) is 2.83. The Morgan fingerprint density at radius 3 is 2.31 bits per heavy atom. The van der Waals surface area contributed by atoms with Crippen molar-refractivity contribution in [3.8, 4) is 0 Å². The van der Waals surface area contributed by atoms with Crippen molar-refractivity contribution in [1.29, 1.82) is 0 Å². The Morgan fingerprint density at radius 2 is 1.92 bits per heavy atom. The molecule has 0 saturated heterocycles. The van der Waals surface area contributed by atoms with Crippen molar-refractivity contribution in [2.45, 2.75) is 26.7 Å². The van der Waals surface area contributed by atoms with E-state index in [-0.39, 0.29) is 12.4 Å². The number of nitrogens with one attached hydrogen (secondary N) is 1. The molecule has 1 aromatic rings. The van der Waals surface area contributed by atoms with Crippen LogP contribution in [0.15, 0.2) is 18.2 Å². The van der Waals surface area contributed by atoms with E-state index in [1.165, 1.54) is 11.1 Å². The van der Waals surface area contributed by atoms with Crippen molar-refractivity contribution in [3.05, 3.63) is 29.3 Å². The molecule has 2 nitrogen and oxygen atoms in total. The third-order valence-electron chi connectivity index (χ3n) is 2.07. The number of aryl methyl sites for hydroxylation is 1. The second-order valence-electron chi connectivity index (χ2n) is 3.34. The van der Waals surface area contributed by atoms with Crippen LogP contribution in [0, 0.1) is 6.92 Å². The first-order chi connectivity index (χ1) is 5.66. The summed E-state index contributed by atoms with van der Waals surface area (Å²) in [4.78, 5) is 0. The van der Waals surface area contributed by atoms with Gasteiger partial charge in [-0.15, -0.1) is 12.4 Å². The summed E-state index contributed by atoms with van der Waals surface area (Å²) in [6, 6.07) is 6.22. The first-order valence-corrected chi connectivity index (χ1v) is 4.23. The average molecular weight is 201 g/mol. The fourth-order valence-corrected chi connectivity index (χ4v) is 1.37. The van der Waals surface area contributed by atoms with E-state index in [0.29, 0.717) is 5.92 Å². The minimum atomic E-state index is 0. The van der Waals surface area contributed by atoms with Gasteiger partial charge in [0.05, 0.1) is 5.69 Å². The van der Waals surface area contributed by atoms with Gasteiger partial charge >= 0.3 is 0 Å². The highest BCUT2D eigenvalue weighted by Gasteiger charge is 2.06. The van der Waals surface area contributed by atoms with Gasteiger partial charge in [-0.25, -0.2) is 0 Å². The van der Waals surface area contributed by atoms with Crippen molar-refractivity contribution in [2.75, 3.05) is 5.43 Å². The summed E-state index contributed by atoms with van der Waals surface area (Å²) >= 11 is 0. The molecular weight excluding hydrogens is 184 g/mol. The maximum Gasteiger partial charge on any atom is 0.0548 e. The van der Waals surface area contributed by atoms with Gasteiger partial charge in [0.2, 0.25) is 0 Å². The number of hydrogen-bond donors (Lipinski definition) is 2. The molecule has 0 saturated carbocycles. The number of rotatable bonds is 2. The molecule has 3 heteroatoms. The summed E-state index contributed by atoms with van der Waals surface area (Å²) in [6.07, 6.45) is 0. The Hall–Kier alpha value is -0.730. The van der Waals surface area contributed by atoms with Crippen LogP contribution in [0.3, 0.4) is 0 Å². The molecule has 0 aliphatic rings. The zero-order valence-electron chi connectivity index (χ0n) is 8.29. The molecule has 0 aliphatic carbocycles. The van der Waals surface area contributed by atoms with E-state index in [1.807, 2.05) is 0 Å². The van der Waals surface area contributed by atoms with Crippen LogP contribution in [-0.2, 0) is 0 Å². The van der Waals surface area contributed by atoms with E-state index < -0.39 is 0 Å². The van der Waals surface area contributed by atoms with Crippen molar-refractivity contribution in [2.24, 2.45) is 5.84 Å². The van der Waals surface area contributed by atoms with E-state index in [9.17, 15) is 0 Å². The maximum atomic E-state index is 5.44. The monoisotopic (exact) mass is 200 g/mol. The van der Waals surface area contributed by atoms with Crippen molar-refractivity contribution >= 4 is 18.1 Å². The molecule has 0 amide bonds. The highest BCUT2D eigenvalue weighted by atomic mass is 35.5. The van der Waals surface area contributed by atoms with Gasteiger partial charge in [0.1, 0.15) is 0 Å². The summed E-state index contributed by atoms with van der Waals surface area (Å²) in [7, 11) is 0. The summed E-state index contributed by atoms with van der Waals surface area (Å²) in [6.45, 7) is 6.38. The minimum absolute atomic E-state index is 0. The van der Waals surface area contributed by atoms with Gasteiger partial charge in [-0.1, -0.05) is 32.0 Å². The minimum Gasteiger partial charge on any atom is -0.324 e. The molecule has 0 heterocycles. The number of nitrogens with two attached hydrogens (primary N) is 1.